The van der Waals surface area contributed by atoms with Crippen molar-refractivity contribution in [3.8, 4) is 0 Å². The van der Waals surface area contributed by atoms with Crippen LogP contribution in [0.3, 0.4) is 0 Å². The summed E-state index contributed by atoms with van der Waals surface area (Å²) in [5.74, 6) is -0.799. The summed E-state index contributed by atoms with van der Waals surface area (Å²) in [5.41, 5.74) is -0.808. The minimum absolute atomic E-state index is 0. The second kappa shape index (κ2) is 26.8. The van der Waals surface area contributed by atoms with Crippen LogP contribution in [-0.2, 0) is 47.9 Å². The second-order valence-electron chi connectivity index (χ2n) is 14.8. The molecule has 2 heterocycles. The van der Waals surface area contributed by atoms with E-state index in [2.05, 4.69) is 20.1 Å². The fraction of sp³-hybridized carbons (Fsp3) is 0.912. The van der Waals surface area contributed by atoms with Crippen LogP contribution >= 0.6 is 0 Å². The number of carbonyl (C=O) groups excluding carboxylic acids is 3. The molecule has 21 nitrogen and oxygen atoms in total. The summed E-state index contributed by atoms with van der Waals surface area (Å²) in [6, 6.07) is -1.03. The van der Waals surface area contributed by atoms with Gasteiger partial charge in [0.1, 0.15) is 54.4 Å². The number of aliphatic hydroxyl groups is 6. The zero-order chi connectivity index (χ0) is 42.1. The SMILES string of the molecule is C[C@@H]1O[C@@H](OCCCCCCNC(=O)[C@H](CCC(=O)NCCCCCCO[C@@H]2O[C@H](CO)[C@H](O)[C@H](OS(=O)(=O)[O-])[C@H]2O)NC(=O)OC(C)(C)C)[C@@H](O)[C@H](O)[C@@H]1O.[Na+]. The first-order valence-corrected chi connectivity index (χ1v) is 20.3. The van der Waals surface area contributed by atoms with Crippen molar-refractivity contribution in [2.45, 2.75) is 165 Å². The van der Waals surface area contributed by atoms with Crippen LogP contribution in [0.1, 0.15) is 91.9 Å². The Morgan fingerprint density at radius 3 is 1.86 bits per heavy atom. The van der Waals surface area contributed by atoms with Gasteiger partial charge in [0, 0.05) is 32.7 Å². The van der Waals surface area contributed by atoms with E-state index in [-0.39, 0.29) is 61.5 Å². The van der Waals surface area contributed by atoms with Crippen LogP contribution in [-0.4, -0.2) is 167 Å². The average Bonchev–Trinajstić information content (AvgIpc) is 3.11. The van der Waals surface area contributed by atoms with Crippen LogP contribution in [0.25, 0.3) is 0 Å². The van der Waals surface area contributed by atoms with Gasteiger partial charge in [0.15, 0.2) is 12.6 Å². The molecule has 2 rings (SSSR count). The zero-order valence-electron chi connectivity index (χ0n) is 33.4. The van der Waals surface area contributed by atoms with Crippen molar-refractivity contribution in [3.63, 3.8) is 0 Å². The smallest absolute Gasteiger partial charge is 0.726 e. The molecule has 0 aliphatic carbocycles. The molecular formula is C34H62N3NaO18S. The third kappa shape index (κ3) is 20.7. The number of hydrogen-bond acceptors (Lipinski definition) is 18. The molecule has 57 heavy (non-hydrogen) atoms. The van der Waals surface area contributed by atoms with Gasteiger partial charge in [-0.3, -0.25) is 13.8 Å². The standard InChI is InChI=1S/C34H63N3O18S.Na/c1-20-24(40)26(42)27(43)31(52-20)50-17-11-8-6-10-16-36-30(45)21(37-33(46)54-34(2,3)4)13-14-23(39)35-15-9-5-7-12-18-51-32-28(44)29(55-56(47,48)49)25(41)22(19-38)53-32;/h20-22,24-29,31-32,38,40-44H,5-19H2,1-4H3,(H,35,39)(H,36,45)(H,37,46)(H,47,48,49);/q;+1/p-1/t20-,21-,22+,24+,25-,26+,27-,28+,29-,31+,32+;/m0./s1. The molecule has 2 aliphatic rings. The van der Waals surface area contributed by atoms with Gasteiger partial charge in [-0.15, -0.1) is 0 Å². The number of ether oxygens (including phenoxy) is 5. The maximum atomic E-state index is 13.0. The van der Waals surface area contributed by atoms with Gasteiger partial charge in [0.05, 0.1) is 12.7 Å². The Hall–Kier alpha value is -1.32. The van der Waals surface area contributed by atoms with Crippen molar-refractivity contribution in [1.82, 2.24) is 16.0 Å². The summed E-state index contributed by atoms with van der Waals surface area (Å²) >= 11 is 0. The summed E-state index contributed by atoms with van der Waals surface area (Å²) in [6.45, 7) is 6.81. The Labute approximate surface area is 356 Å². The average molecular weight is 856 g/mol. The maximum Gasteiger partial charge on any atom is 1.00 e. The zero-order valence-corrected chi connectivity index (χ0v) is 36.3. The molecule has 0 aromatic rings. The van der Waals surface area contributed by atoms with Gasteiger partial charge in [0.2, 0.25) is 22.2 Å². The molecule has 2 aliphatic heterocycles. The van der Waals surface area contributed by atoms with E-state index < -0.39 is 102 Å². The van der Waals surface area contributed by atoms with Gasteiger partial charge in [-0.2, -0.15) is 0 Å². The number of unbranched alkanes of at least 4 members (excludes halogenated alkanes) is 6. The molecule has 0 aromatic carbocycles. The predicted molar refractivity (Wildman–Crippen MR) is 192 cm³/mol. The Kier molecular flexibility index (Phi) is 25.2. The molecule has 0 bridgehead atoms. The van der Waals surface area contributed by atoms with Crippen LogP contribution < -0.4 is 45.5 Å². The molecule has 9 N–H and O–H groups in total. The molecule has 0 unspecified atom stereocenters. The monoisotopic (exact) mass is 855 g/mol. The van der Waals surface area contributed by atoms with E-state index in [1.54, 1.807) is 27.7 Å². The van der Waals surface area contributed by atoms with Gasteiger partial charge >= 0.3 is 35.7 Å². The summed E-state index contributed by atoms with van der Waals surface area (Å²) in [6.07, 6.45) is -9.76. The molecule has 0 saturated carbocycles. The fourth-order valence-corrected chi connectivity index (χ4v) is 6.30. The van der Waals surface area contributed by atoms with Crippen LogP contribution in [0, 0.1) is 0 Å². The molecule has 0 radical (unpaired) electrons. The van der Waals surface area contributed by atoms with E-state index in [1.165, 1.54) is 0 Å². The van der Waals surface area contributed by atoms with E-state index in [1.807, 2.05) is 0 Å². The normalized spacial score (nSPS) is 28.5. The number of aliphatic hydroxyl groups excluding tert-OH is 6. The van der Waals surface area contributed by atoms with E-state index in [4.69, 9.17) is 23.7 Å². The predicted octanol–water partition coefficient (Wildman–Crippen LogP) is -4.84. The van der Waals surface area contributed by atoms with Crippen molar-refractivity contribution in [1.29, 1.82) is 0 Å². The summed E-state index contributed by atoms with van der Waals surface area (Å²) in [4.78, 5) is 38.0. The van der Waals surface area contributed by atoms with E-state index in [9.17, 15) is 58.0 Å². The largest absolute Gasteiger partial charge is 1.00 e. The topological polar surface area (TPSA) is 321 Å². The van der Waals surface area contributed by atoms with Crippen LogP contribution in [0.2, 0.25) is 0 Å². The van der Waals surface area contributed by atoms with Gasteiger partial charge in [-0.25, -0.2) is 13.2 Å². The molecule has 2 fully saturated rings. The summed E-state index contributed by atoms with van der Waals surface area (Å²) < 4.78 is 64.1. The first-order valence-electron chi connectivity index (χ1n) is 19.0. The van der Waals surface area contributed by atoms with E-state index in [0.717, 1.165) is 12.8 Å². The molecule has 328 valence electrons. The number of nitrogens with one attached hydrogen (secondary N) is 3. The van der Waals surface area contributed by atoms with Crippen LogP contribution in [0.15, 0.2) is 0 Å². The molecule has 11 atom stereocenters. The molecule has 0 aromatic heterocycles. The Balaban J connectivity index is 0.0000162. The van der Waals surface area contributed by atoms with Crippen LogP contribution in [0.5, 0.6) is 0 Å². The Morgan fingerprint density at radius 1 is 0.772 bits per heavy atom. The molecular weight excluding hydrogens is 793 g/mol. The van der Waals surface area contributed by atoms with E-state index >= 15 is 0 Å². The van der Waals surface area contributed by atoms with Crippen molar-refractivity contribution >= 4 is 28.3 Å². The third-order valence-corrected chi connectivity index (χ3v) is 9.31. The number of rotatable bonds is 24. The number of carbonyl (C=O) groups is 3. The van der Waals surface area contributed by atoms with Crippen molar-refractivity contribution < 1.29 is 115 Å². The van der Waals surface area contributed by atoms with Crippen molar-refractivity contribution in [2.75, 3.05) is 32.9 Å². The van der Waals surface area contributed by atoms with E-state index in [0.29, 0.717) is 51.6 Å². The summed E-state index contributed by atoms with van der Waals surface area (Å²) in [5, 5.41) is 67.6. The minimum Gasteiger partial charge on any atom is -0.726 e. The van der Waals surface area contributed by atoms with Crippen molar-refractivity contribution in [3.05, 3.63) is 0 Å². The molecule has 23 heteroatoms. The quantitative estimate of drug-likeness (QED) is 0.0190. The number of hydrogen-bond donors (Lipinski definition) is 9. The molecule has 3 amide bonds. The fourth-order valence-electron chi connectivity index (χ4n) is 5.80. The van der Waals surface area contributed by atoms with Gasteiger partial charge in [0.25, 0.3) is 0 Å². The maximum absolute atomic E-state index is 13.0. The minimum atomic E-state index is -5.28. The first kappa shape index (κ1) is 53.7. The molecule has 0 spiro atoms. The third-order valence-electron chi connectivity index (χ3n) is 8.85. The number of alkyl carbamates (subject to hydrolysis) is 1. The summed E-state index contributed by atoms with van der Waals surface area (Å²) in [7, 11) is -5.28. The first-order chi connectivity index (χ1) is 26.2. The van der Waals surface area contributed by atoms with Gasteiger partial charge in [-0.1, -0.05) is 25.7 Å². The van der Waals surface area contributed by atoms with Crippen molar-refractivity contribution in [2.24, 2.45) is 0 Å². The Morgan fingerprint density at radius 2 is 1.32 bits per heavy atom. The number of amides is 3. The van der Waals surface area contributed by atoms with Gasteiger partial charge in [-0.05, 0) is 59.8 Å². The second-order valence-corrected chi connectivity index (χ2v) is 15.8. The Bertz CT molecular complexity index is 1300. The molecule has 2 saturated heterocycles. The van der Waals surface area contributed by atoms with Crippen LogP contribution in [0.4, 0.5) is 4.79 Å². The van der Waals surface area contributed by atoms with Gasteiger partial charge < -0.3 is 74.8 Å².